The van der Waals surface area contributed by atoms with E-state index in [1.807, 2.05) is 7.11 Å². The molecular formula is C23H29NO2. The lowest BCUT2D eigenvalue weighted by Gasteiger charge is -2.40. The lowest BCUT2D eigenvalue weighted by Crippen LogP contribution is -2.41. The molecule has 0 aromatic heterocycles. The van der Waals surface area contributed by atoms with Gasteiger partial charge < -0.3 is 9.47 Å². The average Bonchev–Trinajstić information content (AvgIpc) is 2.97. The van der Waals surface area contributed by atoms with Gasteiger partial charge in [-0.25, -0.2) is 0 Å². The fourth-order valence-electron chi connectivity index (χ4n) is 4.82. The van der Waals surface area contributed by atoms with Crippen molar-refractivity contribution in [3.8, 4) is 5.75 Å². The quantitative estimate of drug-likeness (QED) is 0.802. The first kappa shape index (κ1) is 17.6. The maximum absolute atomic E-state index is 5.84. The van der Waals surface area contributed by atoms with Crippen molar-refractivity contribution in [2.45, 2.75) is 44.2 Å². The van der Waals surface area contributed by atoms with Crippen molar-refractivity contribution in [1.82, 2.24) is 4.90 Å². The summed E-state index contributed by atoms with van der Waals surface area (Å²) < 4.78 is 11.1. The van der Waals surface area contributed by atoms with Crippen molar-refractivity contribution in [3.63, 3.8) is 0 Å². The molecule has 138 valence electrons. The van der Waals surface area contributed by atoms with Gasteiger partial charge in [0.25, 0.3) is 0 Å². The number of ether oxygens (including phenoxy) is 2. The molecule has 0 amide bonds. The smallest absolute Gasteiger partial charge is 0.118 e. The molecular weight excluding hydrogens is 322 g/mol. The molecule has 3 nitrogen and oxygen atoms in total. The van der Waals surface area contributed by atoms with Crippen LogP contribution in [0.4, 0.5) is 0 Å². The summed E-state index contributed by atoms with van der Waals surface area (Å²) in [5, 5.41) is 0. The van der Waals surface area contributed by atoms with Crippen LogP contribution in [0.2, 0.25) is 0 Å². The van der Waals surface area contributed by atoms with Gasteiger partial charge in [0.1, 0.15) is 5.75 Å². The van der Waals surface area contributed by atoms with Crippen molar-refractivity contribution < 1.29 is 9.47 Å². The van der Waals surface area contributed by atoms with Gasteiger partial charge in [0.05, 0.1) is 13.2 Å². The molecule has 1 fully saturated rings. The normalized spacial score (nSPS) is 21.7. The van der Waals surface area contributed by atoms with E-state index in [-0.39, 0.29) is 6.10 Å². The Kier molecular flexibility index (Phi) is 4.76. The molecule has 1 spiro atoms. The maximum atomic E-state index is 5.84. The minimum absolute atomic E-state index is 0.262. The Morgan fingerprint density at radius 3 is 2.42 bits per heavy atom. The number of methoxy groups -OCH3 is 2. The van der Waals surface area contributed by atoms with Gasteiger partial charge in [-0.15, -0.1) is 0 Å². The minimum Gasteiger partial charge on any atom is -0.497 e. The van der Waals surface area contributed by atoms with Crippen LogP contribution in [0.15, 0.2) is 42.5 Å². The van der Waals surface area contributed by atoms with Crippen LogP contribution in [0, 0.1) is 6.92 Å². The third kappa shape index (κ3) is 3.15. The minimum atomic E-state index is 0.262. The first-order valence-corrected chi connectivity index (χ1v) is 9.63. The van der Waals surface area contributed by atoms with Crippen LogP contribution in [-0.2, 0) is 16.7 Å². The molecule has 2 aromatic rings. The third-order valence-electron chi connectivity index (χ3n) is 6.36. The van der Waals surface area contributed by atoms with E-state index in [9.17, 15) is 0 Å². The average molecular weight is 351 g/mol. The molecule has 0 radical (unpaired) electrons. The first-order chi connectivity index (χ1) is 12.6. The molecule has 1 saturated heterocycles. The summed E-state index contributed by atoms with van der Waals surface area (Å²) in [6.45, 7) is 5.50. The van der Waals surface area contributed by atoms with Crippen molar-refractivity contribution >= 4 is 0 Å². The molecule has 0 N–H and O–H groups in total. The Hall–Kier alpha value is -1.84. The van der Waals surface area contributed by atoms with E-state index >= 15 is 0 Å². The van der Waals surface area contributed by atoms with E-state index in [0.717, 1.165) is 31.8 Å². The van der Waals surface area contributed by atoms with Gasteiger partial charge in [0, 0.05) is 19.1 Å². The van der Waals surface area contributed by atoms with Crippen molar-refractivity contribution in [2.24, 2.45) is 0 Å². The highest BCUT2D eigenvalue weighted by Crippen LogP contribution is 2.52. The molecule has 2 aliphatic rings. The monoisotopic (exact) mass is 351 g/mol. The van der Waals surface area contributed by atoms with E-state index < -0.39 is 0 Å². The molecule has 2 aromatic carbocycles. The number of fused-ring (bicyclic) bond motifs is 2. The fraction of sp³-hybridized carbons (Fsp3) is 0.478. The van der Waals surface area contributed by atoms with E-state index in [2.05, 4.69) is 54.3 Å². The zero-order chi connectivity index (χ0) is 18.1. The predicted octanol–water partition coefficient (Wildman–Crippen LogP) is 4.63. The third-order valence-corrected chi connectivity index (χ3v) is 6.36. The number of rotatable bonds is 4. The second kappa shape index (κ2) is 7.05. The van der Waals surface area contributed by atoms with Gasteiger partial charge in [-0.1, -0.05) is 35.9 Å². The number of piperidine rings is 1. The zero-order valence-corrected chi connectivity index (χ0v) is 16.1. The van der Waals surface area contributed by atoms with E-state index in [0.29, 0.717) is 5.41 Å². The summed E-state index contributed by atoms with van der Waals surface area (Å²) in [6, 6.07) is 15.4. The van der Waals surface area contributed by atoms with Crippen LogP contribution >= 0.6 is 0 Å². The largest absolute Gasteiger partial charge is 0.497 e. The SMILES string of the molecule is COc1ccc(CN2CCC3(CC2)C[C@H](OC)c2cc(C)ccc23)cc1. The van der Waals surface area contributed by atoms with Crippen LogP contribution in [0.1, 0.15) is 47.6 Å². The summed E-state index contributed by atoms with van der Waals surface area (Å²) in [7, 11) is 3.57. The summed E-state index contributed by atoms with van der Waals surface area (Å²) in [5.74, 6) is 0.926. The lowest BCUT2D eigenvalue weighted by molar-refractivity contribution is 0.0687. The number of hydrogen-bond donors (Lipinski definition) is 0. The summed E-state index contributed by atoms with van der Waals surface area (Å²) >= 11 is 0. The Balaban J connectivity index is 1.46. The number of aryl methyl sites for hydroxylation is 1. The van der Waals surface area contributed by atoms with Crippen LogP contribution in [-0.4, -0.2) is 32.2 Å². The number of likely N-dealkylation sites (tertiary alicyclic amines) is 1. The topological polar surface area (TPSA) is 21.7 Å². The zero-order valence-electron chi connectivity index (χ0n) is 16.1. The van der Waals surface area contributed by atoms with Crippen LogP contribution in [0.5, 0.6) is 5.75 Å². The second-order valence-electron chi connectivity index (χ2n) is 7.92. The molecule has 1 heterocycles. The summed E-state index contributed by atoms with van der Waals surface area (Å²) in [6.07, 6.45) is 3.84. The highest BCUT2D eigenvalue weighted by molar-refractivity contribution is 5.44. The number of benzene rings is 2. The van der Waals surface area contributed by atoms with E-state index in [1.54, 1.807) is 12.7 Å². The molecule has 0 saturated carbocycles. The van der Waals surface area contributed by atoms with Crippen LogP contribution in [0.25, 0.3) is 0 Å². The molecule has 1 aliphatic carbocycles. The highest BCUT2D eigenvalue weighted by Gasteiger charge is 2.45. The van der Waals surface area contributed by atoms with E-state index in [4.69, 9.17) is 9.47 Å². The standard InChI is InChI=1S/C23H29NO2/c1-17-4-9-21-20(14-17)22(26-3)15-23(21)10-12-24(13-11-23)16-18-5-7-19(25-2)8-6-18/h4-9,14,22H,10-13,15-16H2,1-3H3/t22-/m0/s1. The number of nitrogens with zero attached hydrogens (tertiary/aromatic N) is 1. The maximum Gasteiger partial charge on any atom is 0.118 e. The Morgan fingerprint density at radius 1 is 1.04 bits per heavy atom. The summed E-state index contributed by atoms with van der Waals surface area (Å²) in [4.78, 5) is 2.58. The second-order valence-corrected chi connectivity index (χ2v) is 7.92. The summed E-state index contributed by atoms with van der Waals surface area (Å²) in [5.41, 5.74) is 5.97. The van der Waals surface area contributed by atoms with Gasteiger partial charge in [-0.05, 0) is 68.1 Å². The van der Waals surface area contributed by atoms with Crippen LogP contribution in [0.3, 0.4) is 0 Å². The van der Waals surface area contributed by atoms with Gasteiger partial charge >= 0.3 is 0 Å². The highest BCUT2D eigenvalue weighted by atomic mass is 16.5. The molecule has 4 rings (SSSR count). The van der Waals surface area contributed by atoms with Gasteiger partial charge in [0.15, 0.2) is 0 Å². The van der Waals surface area contributed by atoms with Crippen molar-refractivity contribution in [2.75, 3.05) is 27.3 Å². The van der Waals surface area contributed by atoms with Crippen LogP contribution < -0.4 is 4.74 Å². The molecule has 1 aliphatic heterocycles. The molecule has 1 atom stereocenters. The molecule has 26 heavy (non-hydrogen) atoms. The number of hydrogen-bond acceptors (Lipinski definition) is 3. The van der Waals surface area contributed by atoms with E-state index in [1.165, 1.54) is 29.5 Å². The van der Waals surface area contributed by atoms with Crippen molar-refractivity contribution in [3.05, 3.63) is 64.7 Å². The molecule has 0 bridgehead atoms. The van der Waals surface area contributed by atoms with Gasteiger partial charge in [-0.2, -0.15) is 0 Å². The Labute approximate surface area is 156 Å². The van der Waals surface area contributed by atoms with Crippen molar-refractivity contribution in [1.29, 1.82) is 0 Å². The predicted molar refractivity (Wildman–Crippen MR) is 105 cm³/mol. The lowest BCUT2D eigenvalue weighted by atomic mass is 9.73. The Bertz CT molecular complexity index is 760. The fourth-order valence-corrected chi connectivity index (χ4v) is 4.82. The van der Waals surface area contributed by atoms with Gasteiger partial charge in [0.2, 0.25) is 0 Å². The van der Waals surface area contributed by atoms with Gasteiger partial charge in [-0.3, -0.25) is 4.90 Å². The molecule has 0 unspecified atom stereocenters. The molecule has 3 heteroatoms. The Morgan fingerprint density at radius 2 is 1.77 bits per heavy atom. The first-order valence-electron chi connectivity index (χ1n) is 9.63.